The molecule has 0 radical (unpaired) electrons. The number of benzene rings is 1. The third-order valence-electron chi connectivity index (χ3n) is 9.25. The maximum Gasteiger partial charge on any atom is 0.319 e. The number of carbonyl (C=O) groups is 2. The van der Waals surface area contributed by atoms with Crippen LogP contribution >= 0.6 is 0 Å². The van der Waals surface area contributed by atoms with E-state index in [2.05, 4.69) is 40.5 Å². The average molecular weight is 602 g/mol. The van der Waals surface area contributed by atoms with Gasteiger partial charge in [0.05, 0.1) is 25.6 Å². The molecule has 0 aliphatic carbocycles. The van der Waals surface area contributed by atoms with Crippen molar-refractivity contribution in [3.05, 3.63) is 47.7 Å². The Hall–Kier alpha value is -4.17. The monoisotopic (exact) mass is 601 g/mol. The van der Waals surface area contributed by atoms with Crippen LogP contribution in [0.25, 0.3) is 0 Å². The number of ether oxygens (including phenoxy) is 2. The maximum atomic E-state index is 14.4. The molecule has 11 nitrogen and oxygen atoms in total. The molecule has 0 saturated carbocycles. The van der Waals surface area contributed by atoms with Crippen LogP contribution in [-0.4, -0.2) is 104 Å². The molecule has 1 aromatic heterocycles. The van der Waals surface area contributed by atoms with Crippen molar-refractivity contribution in [2.45, 2.75) is 51.1 Å². The van der Waals surface area contributed by atoms with Gasteiger partial charge in [-0.1, -0.05) is 19.6 Å². The van der Waals surface area contributed by atoms with Crippen molar-refractivity contribution in [2.75, 3.05) is 70.3 Å². The van der Waals surface area contributed by atoms with Crippen LogP contribution in [0, 0.1) is 17.2 Å². The molecule has 4 heterocycles. The zero-order valence-corrected chi connectivity index (χ0v) is 26.3. The molecule has 3 aliphatic rings. The molecule has 1 amide bonds. The Morgan fingerprint density at radius 3 is 2.66 bits per heavy atom. The van der Waals surface area contributed by atoms with E-state index in [1.54, 1.807) is 12.0 Å². The van der Waals surface area contributed by atoms with Crippen LogP contribution in [0.2, 0.25) is 0 Å². The van der Waals surface area contributed by atoms with Gasteiger partial charge in [-0.2, -0.15) is 15.2 Å². The number of fused-ring (bicyclic) bond motifs is 1. The van der Waals surface area contributed by atoms with Gasteiger partial charge in [-0.25, -0.2) is 0 Å². The molecule has 5 rings (SSSR count). The van der Waals surface area contributed by atoms with Gasteiger partial charge in [0.15, 0.2) is 5.78 Å². The number of amides is 1. The summed E-state index contributed by atoms with van der Waals surface area (Å²) in [6.45, 7) is 8.97. The largest absolute Gasteiger partial charge is 0.496 e. The second kappa shape index (κ2) is 13.6. The normalized spacial score (nSPS) is 21.9. The average Bonchev–Trinajstić information content (AvgIpc) is 3.46. The highest BCUT2D eigenvalue weighted by molar-refractivity contribution is 5.99. The summed E-state index contributed by atoms with van der Waals surface area (Å²) < 4.78 is 11.9. The molecule has 2 fully saturated rings. The smallest absolute Gasteiger partial charge is 0.319 e. The van der Waals surface area contributed by atoms with E-state index in [0.717, 1.165) is 42.0 Å². The lowest BCUT2D eigenvalue weighted by atomic mass is 9.86. The molecule has 2 aromatic rings. The predicted octanol–water partition coefficient (Wildman–Crippen LogP) is 3.13. The molecule has 2 saturated heterocycles. The summed E-state index contributed by atoms with van der Waals surface area (Å²) in [4.78, 5) is 44.8. The molecule has 44 heavy (non-hydrogen) atoms. The van der Waals surface area contributed by atoms with E-state index < -0.39 is 0 Å². The number of rotatable bonds is 10. The summed E-state index contributed by atoms with van der Waals surface area (Å²) in [5.74, 6) is 0.827. The zero-order chi connectivity index (χ0) is 31.4. The Morgan fingerprint density at radius 1 is 1.16 bits per heavy atom. The molecule has 3 atom stereocenters. The Labute approximate surface area is 260 Å². The second-order valence-electron chi connectivity index (χ2n) is 11.9. The van der Waals surface area contributed by atoms with E-state index in [9.17, 15) is 14.9 Å². The maximum absolute atomic E-state index is 14.4. The fraction of sp³-hybridized carbons (Fsp3) is 0.545. The first-order valence-corrected chi connectivity index (χ1v) is 15.5. The molecule has 3 aliphatic heterocycles. The Balaban J connectivity index is 1.51. The number of likely N-dealkylation sites (tertiary alicyclic amines) is 1. The Bertz CT molecular complexity index is 1440. The summed E-state index contributed by atoms with van der Waals surface area (Å²) in [5.41, 5.74) is 3.21. The number of nitrogens with zero attached hydrogens (tertiary/aromatic N) is 7. The molecule has 0 N–H and O–H groups in total. The number of likely N-dealkylation sites (N-methyl/N-ethyl adjacent to an activating group) is 1. The van der Waals surface area contributed by atoms with Crippen LogP contribution in [0.3, 0.4) is 0 Å². The number of ketones is 1. The molecule has 0 bridgehead atoms. The number of anilines is 2. The number of carbonyl (C=O) groups excluding carboxylic acids is 2. The lowest BCUT2D eigenvalue weighted by Crippen LogP contribution is -2.55. The first-order valence-electron chi connectivity index (χ1n) is 15.5. The highest BCUT2D eigenvalue weighted by Gasteiger charge is 2.36. The summed E-state index contributed by atoms with van der Waals surface area (Å²) in [7, 11) is 5.74. The lowest BCUT2D eigenvalue weighted by molar-refractivity contribution is -0.128. The van der Waals surface area contributed by atoms with Gasteiger partial charge in [0.25, 0.3) is 0 Å². The first-order chi connectivity index (χ1) is 21.3. The van der Waals surface area contributed by atoms with E-state index in [1.165, 1.54) is 6.08 Å². The summed E-state index contributed by atoms with van der Waals surface area (Å²) in [6, 6.07) is 8.29. The molecule has 11 heteroatoms. The zero-order valence-electron chi connectivity index (χ0n) is 26.3. The number of Topliss-reactive ketones (excluding diaryl/α,β-unsaturated/α-hetero) is 1. The number of piperazine rings is 1. The van der Waals surface area contributed by atoms with Gasteiger partial charge in [0, 0.05) is 62.0 Å². The van der Waals surface area contributed by atoms with E-state index in [1.807, 2.05) is 26.1 Å². The van der Waals surface area contributed by atoms with Gasteiger partial charge in [-0.15, -0.1) is 0 Å². The number of aromatic nitrogens is 2. The number of methoxy groups -OCH3 is 1. The molecule has 1 aromatic carbocycles. The van der Waals surface area contributed by atoms with E-state index in [4.69, 9.17) is 19.4 Å². The quantitative estimate of drug-likeness (QED) is 0.297. The number of hydrogen-bond acceptors (Lipinski definition) is 10. The van der Waals surface area contributed by atoms with Crippen LogP contribution in [0.4, 0.5) is 11.5 Å². The summed E-state index contributed by atoms with van der Waals surface area (Å²) in [6.07, 6.45) is 4.71. The minimum absolute atomic E-state index is 0.0502. The topological polar surface area (TPSA) is 115 Å². The minimum Gasteiger partial charge on any atom is -0.496 e. The van der Waals surface area contributed by atoms with Crippen LogP contribution < -0.4 is 19.3 Å². The fourth-order valence-corrected chi connectivity index (χ4v) is 6.82. The lowest BCUT2D eigenvalue weighted by Gasteiger charge is -2.41. The molecular formula is C33H43N7O4. The van der Waals surface area contributed by atoms with Crippen LogP contribution in [-0.2, 0) is 17.6 Å². The van der Waals surface area contributed by atoms with Crippen molar-refractivity contribution in [1.29, 1.82) is 5.26 Å². The molecule has 234 valence electrons. The Kier molecular flexibility index (Phi) is 9.69. The number of hydrogen-bond donors (Lipinski definition) is 0. The summed E-state index contributed by atoms with van der Waals surface area (Å²) in [5, 5.41) is 9.54. The molecular weight excluding hydrogens is 558 g/mol. The minimum atomic E-state index is -0.334. The van der Waals surface area contributed by atoms with Gasteiger partial charge in [-0.05, 0) is 57.5 Å². The standard InChI is InChI=1S/C33H43N7O4/c1-6-25-30(31(42)22-18-26-27(38(4)19-22)11-8-12-28(26)43-5)35-33(44-21-24-10-9-15-37(24)3)36-32(25)39-16-17-40(29(41)7-2)23(20-39)13-14-34/h7-8,11-12,22-24H,2,6,9-10,13,15-21H2,1,3-5H3/t22-,23?,24?/m0/s1. The van der Waals surface area contributed by atoms with Crippen molar-refractivity contribution < 1.29 is 19.1 Å². The van der Waals surface area contributed by atoms with Gasteiger partial charge >= 0.3 is 6.01 Å². The predicted molar refractivity (Wildman–Crippen MR) is 168 cm³/mol. The van der Waals surface area contributed by atoms with Crippen molar-refractivity contribution in [1.82, 2.24) is 19.8 Å². The van der Waals surface area contributed by atoms with Gasteiger partial charge in [0.2, 0.25) is 5.91 Å². The van der Waals surface area contributed by atoms with E-state index >= 15 is 0 Å². The van der Waals surface area contributed by atoms with Gasteiger partial charge in [-0.3, -0.25) is 9.59 Å². The number of nitriles is 1. The highest BCUT2D eigenvalue weighted by atomic mass is 16.5. The van der Waals surface area contributed by atoms with Crippen LogP contribution in [0.15, 0.2) is 30.9 Å². The second-order valence-corrected chi connectivity index (χ2v) is 11.9. The SMILES string of the molecule is C=CC(=O)N1CCN(c2nc(OCC3CCCN3C)nc(C(=O)[C@H]3Cc4c(OC)cccc4N(C)C3)c2CC)CC1CC#N. The van der Waals surface area contributed by atoms with E-state index in [0.29, 0.717) is 57.1 Å². The Morgan fingerprint density at radius 2 is 1.98 bits per heavy atom. The van der Waals surface area contributed by atoms with Crippen LogP contribution in [0.1, 0.15) is 47.8 Å². The van der Waals surface area contributed by atoms with Gasteiger partial charge < -0.3 is 29.1 Å². The van der Waals surface area contributed by atoms with Crippen molar-refractivity contribution in [3.8, 4) is 17.8 Å². The third kappa shape index (κ3) is 6.22. The van der Waals surface area contributed by atoms with Gasteiger partial charge in [0.1, 0.15) is 23.9 Å². The fourth-order valence-electron chi connectivity index (χ4n) is 6.82. The first kappa shape index (κ1) is 31.3. The highest BCUT2D eigenvalue weighted by Crippen LogP contribution is 2.37. The van der Waals surface area contributed by atoms with E-state index in [-0.39, 0.29) is 42.1 Å². The van der Waals surface area contributed by atoms with Crippen molar-refractivity contribution >= 4 is 23.2 Å². The van der Waals surface area contributed by atoms with Crippen LogP contribution in [0.5, 0.6) is 11.8 Å². The summed E-state index contributed by atoms with van der Waals surface area (Å²) >= 11 is 0. The van der Waals surface area contributed by atoms with Crippen molar-refractivity contribution in [3.63, 3.8) is 0 Å². The molecule has 2 unspecified atom stereocenters. The van der Waals surface area contributed by atoms with Crippen molar-refractivity contribution in [2.24, 2.45) is 5.92 Å². The third-order valence-corrected chi connectivity index (χ3v) is 9.25. The molecule has 0 spiro atoms.